The molecular formula is C13H20FNOS. The van der Waals surface area contributed by atoms with Gasteiger partial charge in [0.1, 0.15) is 5.82 Å². The van der Waals surface area contributed by atoms with Gasteiger partial charge in [-0.25, -0.2) is 4.39 Å². The predicted octanol–water partition coefficient (Wildman–Crippen LogP) is 2.97. The van der Waals surface area contributed by atoms with E-state index in [1.807, 2.05) is 26.8 Å². The Morgan fingerprint density at radius 3 is 2.65 bits per heavy atom. The molecule has 0 spiro atoms. The van der Waals surface area contributed by atoms with Crippen molar-refractivity contribution in [1.29, 1.82) is 0 Å². The summed E-state index contributed by atoms with van der Waals surface area (Å²) in [5.41, 5.74) is 0.949. The summed E-state index contributed by atoms with van der Waals surface area (Å²) >= 11 is 1.36. The van der Waals surface area contributed by atoms with Crippen molar-refractivity contribution < 1.29 is 9.50 Å². The van der Waals surface area contributed by atoms with Crippen molar-refractivity contribution in [2.24, 2.45) is 0 Å². The van der Waals surface area contributed by atoms with Gasteiger partial charge >= 0.3 is 0 Å². The Morgan fingerprint density at radius 1 is 1.41 bits per heavy atom. The number of aliphatic hydroxyl groups is 1. The number of hydrogen-bond donors (Lipinski definition) is 2. The highest BCUT2D eigenvalue weighted by Gasteiger charge is 2.11. The zero-order valence-electron chi connectivity index (χ0n) is 10.5. The van der Waals surface area contributed by atoms with Gasteiger partial charge in [-0.3, -0.25) is 0 Å². The number of hydrogen-bond acceptors (Lipinski definition) is 3. The van der Waals surface area contributed by atoms with Crippen LogP contribution >= 0.6 is 11.8 Å². The molecule has 0 amide bonds. The number of nitrogens with one attached hydrogen (secondary N) is 1. The molecule has 4 heteroatoms. The van der Waals surface area contributed by atoms with Crippen molar-refractivity contribution in [3.05, 3.63) is 29.6 Å². The average Bonchev–Trinajstić information content (AvgIpc) is 2.31. The van der Waals surface area contributed by atoms with Crippen LogP contribution < -0.4 is 5.32 Å². The summed E-state index contributed by atoms with van der Waals surface area (Å²) in [5, 5.41) is 12.2. The van der Waals surface area contributed by atoms with Crippen LogP contribution in [0.1, 0.15) is 32.4 Å². The molecule has 0 aliphatic rings. The summed E-state index contributed by atoms with van der Waals surface area (Å²) in [6.07, 6.45) is 0. The van der Waals surface area contributed by atoms with Crippen molar-refractivity contribution in [2.75, 3.05) is 13.2 Å². The molecule has 0 aliphatic heterocycles. The first-order valence-electron chi connectivity index (χ1n) is 5.88. The Hall–Kier alpha value is -0.580. The molecule has 2 nitrogen and oxygen atoms in total. The van der Waals surface area contributed by atoms with E-state index in [2.05, 4.69) is 5.32 Å². The monoisotopic (exact) mass is 257 g/mol. The molecule has 0 heterocycles. The molecule has 96 valence electrons. The van der Waals surface area contributed by atoms with E-state index >= 15 is 0 Å². The van der Waals surface area contributed by atoms with Crippen LogP contribution in [0.2, 0.25) is 0 Å². The highest BCUT2D eigenvalue weighted by Crippen LogP contribution is 2.27. The minimum absolute atomic E-state index is 0.0153. The van der Waals surface area contributed by atoms with Gasteiger partial charge in [-0.15, -0.1) is 11.8 Å². The molecule has 0 aliphatic carbocycles. The predicted molar refractivity (Wildman–Crippen MR) is 70.9 cm³/mol. The van der Waals surface area contributed by atoms with Gasteiger partial charge in [-0.2, -0.15) is 0 Å². The maximum absolute atomic E-state index is 13.8. The molecule has 0 aromatic heterocycles. The van der Waals surface area contributed by atoms with Crippen molar-refractivity contribution in [2.45, 2.75) is 37.0 Å². The lowest BCUT2D eigenvalue weighted by atomic mass is 10.1. The summed E-state index contributed by atoms with van der Waals surface area (Å²) in [5.74, 6) is -0.211. The zero-order chi connectivity index (χ0) is 12.8. The molecule has 2 unspecified atom stereocenters. The van der Waals surface area contributed by atoms with E-state index < -0.39 is 0 Å². The van der Waals surface area contributed by atoms with Crippen LogP contribution in [0.3, 0.4) is 0 Å². The van der Waals surface area contributed by atoms with Crippen LogP contribution in [0.4, 0.5) is 4.39 Å². The molecular weight excluding hydrogens is 237 g/mol. The Bertz CT molecular complexity index is 359. The SMILES string of the molecule is CCNC(C)c1ccc(SC(C)CO)c(F)c1. The number of rotatable bonds is 6. The largest absolute Gasteiger partial charge is 0.395 e. The van der Waals surface area contributed by atoms with Crippen LogP contribution in [-0.2, 0) is 0 Å². The topological polar surface area (TPSA) is 32.3 Å². The second kappa shape index (κ2) is 6.99. The standard InChI is InChI=1S/C13H20FNOS/c1-4-15-10(3)11-5-6-13(12(14)7-11)17-9(2)8-16/h5-7,9-10,15-16H,4,8H2,1-3H3. The van der Waals surface area contributed by atoms with Gasteiger partial charge in [-0.05, 0) is 31.2 Å². The Kier molecular flexibility index (Phi) is 5.95. The molecule has 0 bridgehead atoms. The number of thioether (sulfide) groups is 1. The first kappa shape index (κ1) is 14.5. The smallest absolute Gasteiger partial charge is 0.137 e. The number of benzene rings is 1. The second-order valence-electron chi connectivity index (χ2n) is 4.08. The van der Waals surface area contributed by atoms with Crippen molar-refractivity contribution in [3.8, 4) is 0 Å². The molecule has 2 N–H and O–H groups in total. The second-order valence-corrected chi connectivity index (χ2v) is 5.56. The van der Waals surface area contributed by atoms with E-state index in [4.69, 9.17) is 5.11 Å². The molecule has 1 rings (SSSR count). The van der Waals surface area contributed by atoms with Crippen molar-refractivity contribution in [1.82, 2.24) is 5.32 Å². The van der Waals surface area contributed by atoms with E-state index in [0.29, 0.717) is 4.90 Å². The molecule has 17 heavy (non-hydrogen) atoms. The van der Waals surface area contributed by atoms with Crippen LogP contribution in [-0.4, -0.2) is 23.5 Å². The maximum atomic E-state index is 13.8. The normalized spacial score (nSPS) is 14.6. The van der Waals surface area contributed by atoms with Gasteiger partial charge in [0.2, 0.25) is 0 Å². The zero-order valence-corrected chi connectivity index (χ0v) is 11.4. The third-order valence-corrected chi connectivity index (χ3v) is 3.69. The minimum atomic E-state index is -0.211. The molecule has 0 saturated carbocycles. The lowest BCUT2D eigenvalue weighted by Crippen LogP contribution is -2.17. The quantitative estimate of drug-likeness (QED) is 0.768. The summed E-state index contributed by atoms with van der Waals surface area (Å²) < 4.78 is 13.8. The fourth-order valence-corrected chi connectivity index (χ4v) is 2.39. The summed E-state index contributed by atoms with van der Waals surface area (Å²) in [4.78, 5) is 0.596. The summed E-state index contributed by atoms with van der Waals surface area (Å²) in [7, 11) is 0. The van der Waals surface area contributed by atoms with E-state index in [1.54, 1.807) is 12.1 Å². The molecule has 1 aromatic carbocycles. The van der Waals surface area contributed by atoms with Gasteiger partial charge in [0.05, 0.1) is 6.61 Å². The molecule has 0 fully saturated rings. The van der Waals surface area contributed by atoms with Crippen LogP contribution in [0, 0.1) is 5.82 Å². The minimum Gasteiger partial charge on any atom is -0.395 e. The van der Waals surface area contributed by atoms with E-state index in [-0.39, 0.29) is 23.7 Å². The number of aliphatic hydroxyl groups excluding tert-OH is 1. The van der Waals surface area contributed by atoms with Crippen molar-refractivity contribution in [3.63, 3.8) is 0 Å². The molecule has 2 atom stereocenters. The average molecular weight is 257 g/mol. The number of halogens is 1. The van der Waals surface area contributed by atoms with E-state index in [9.17, 15) is 4.39 Å². The highest BCUT2D eigenvalue weighted by molar-refractivity contribution is 8.00. The highest BCUT2D eigenvalue weighted by atomic mass is 32.2. The van der Waals surface area contributed by atoms with E-state index in [1.165, 1.54) is 11.8 Å². The van der Waals surface area contributed by atoms with Gasteiger partial charge in [0.25, 0.3) is 0 Å². The fourth-order valence-electron chi connectivity index (χ4n) is 1.56. The van der Waals surface area contributed by atoms with Gasteiger partial charge < -0.3 is 10.4 Å². The Morgan fingerprint density at radius 2 is 2.12 bits per heavy atom. The molecule has 1 aromatic rings. The third kappa shape index (κ3) is 4.30. The molecule has 0 saturated heterocycles. The first-order valence-corrected chi connectivity index (χ1v) is 6.76. The van der Waals surface area contributed by atoms with E-state index in [0.717, 1.165) is 12.1 Å². The first-order chi connectivity index (χ1) is 8.08. The Labute approximate surface area is 107 Å². The van der Waals surface area contributed by atoms with Crippen LogP contribution in [0.15, 0.2) is 23.1 Å². The van der Waals surface area contributed by atoms with Gasteiger partial charge in [0.15, 0.2) is 0 Å². The fraction of sp³-hybridized carbons (Fsp3) is 0.538. The van der Waals surface area contributed by atoms with Crippen LogP contribution in [0.5, 0.6) is 0 Å². The van der Waals surface area contributed by atoms with Gasteiger partial charge in [-0.1, -0.05) is 19.9 Å². The Balaban J connectivity index is 2.78. The summed E-state index contributed by atoms with van der Waals surface area (Å²) in [6, 6.07) is 5.45. The lowest BCUT2D eigenvalue weighted by molar-refractivity contribution is 0.300. The van der Waals surface area contributed by atoms with Crippen LogP contribution in [0.25, 0.3) is 0 Å². The molecule has 0 radical (unpaired) electrons. The maximum Gasteiger partial charge on any atom is 0.137 e. The van der Waals surface area contributed by atoms with Crippen molar-refractivity contribution >= 4 is 11.8 Å². The summed E-state index contributed by atoms with van der Waals surface area (Å²) in [6.45, 7) is 6.83. The third-order valence-electron chi connectivity index (χ3n) is 2.55. The lowest BCUT2D eigenvalue weighted by Gasteiger charge is -2.14. The van der Waals surface area contributed by atoms with Gasteiger partial charge in [0, 0.05) is 16.2 Å².